The van der Waals surface area contributed by atoms with Crippen molar-refractivity contribution in [3.63, 3.8) is 0 Å². The van der Waals surface area contributed by atoms with Crippen LogP contribution in [0.2, 0.25) is 0 Å². The first-order valence-corrected chi connectivity index (χ1v) is 6.10. The molecular weight excluding hydrogens is 236 g/mol. The minimum atomic E-state index is 0.563. The first kappa shape index (κ1) is 12.8. The van der Waals surface area contributed by atoms with E-state index in [9.17, 15) is 0 Å². The Morgan fingerprint density at radius 3 is 2.68 bits per heavy atom. The highest BCUT2D eigenvalue weighted by Gasteiger charge is 2.00. The molecule has 0 saturated carbocycles. The Morgan fingerprint density at radius 2 is 1.89 bits per heavy atom. The van der Waals surface area contributed by atoms with E-state index in [1.807, 2.05) is 49.4 Å². The maximum atomic E-state index is 9.01. The number of para-hydroxylation sites is 2. The van der Waals surface area contributed by atoms with Crippen LogP contribution in [0.15, 0.2) is 53.5 Å². The normalized spacial score (nSPS) is 10.3. The smallest absolute Gasteiger partial charge is 0.128 e. The van der Waals surface area contributed by atoms with Crippen molar-refractivity contribution in [2.75, 3.05) is 6.61 Å². The summed E-state index contributed by atoms with van der Waals surface area (Å²) in [5.41, 5.74) is 2.13. The summed E-state index contributed by atoms with van der Waals surface area (Å²) in [5.74, 6) is 0.795. The van der Waals surface area contributed by atoms with E-state index in [1.54, 1.807) is 12.3 Å². The highest BCUT2D eigenvalue weighted by molar-refractivity contribution is 5.86. The van der Waals surface area contributed by atoms with Crippen molar-refractivity contribution in [3.05, 3.63) is 59.7 Å². The molecule has 3 heteroatoms. The number of aliphatic imine (C=N–C) groups is 1. The molecule has 0 unspecified atom stereocenters. The van der Waals surface area contributed by atoms with Crippen LogP contribution in [0.25, 0.3) is 0 Å². The van der Waals surface area contributed by atoms with Crippen LogP contribution < -0.4 is 4.74 Å². The Morgan fingerprint density at radius 1 is 1.16 bits per heavy atom. The van der Waals surface area contributed by atoms with Crippen molar-refractivity contribution >= 4 is 11.9 Å². The molecule has 0 aliphatic heterocycles. The van der Waals surface area contributed by atoms with Crippen molar-refractivity contribution in [1.29, 1.82) is 5.26 Å². The Balaban J connectivity index is 2.30. The van der Waals surface area contributed by atoms with E-state index >= 15 is 0 Å². The van der Waals surface area contributed by atoms with Gasteiger partial charge in [0.2, 0.25) is 0 Å². The van der Waals surface area contributed by atoms with E-state index in [0.29, 0.717) is 17.9 Å². The van der Waals surface area contributed by atoms with Crippen molar-refractivity contribution in [2.45, 2.75) is 6.92 Å². The fraction of sp³-hybridized carbons (Fsp3) is 0.125. The monoisotopic (exact) mass is 250 g/mol. The van der Waals surface area contributed by atoms with Gasteiger partial charge in [-0.1, -0.05) is 24.3 Å². The second-order valence-corrected chi connectivity index (χ2v) is 3.86. The van der Waals surface area contributed by atoms with Gasteiger partial charge in [-0.05, 0) is 31.2 Å². The van der Waals surface area contributed by atoms with Gasteiger partial charge >= 0.3 is 0 Å². The van der Waals surface area contributed by atoms with Crippen LogP contribution in [0.5, 0.6) is 5.75 Å². The van der Waals surface area contributed by atoms with E-state index in [2.05, 4.69) is 11.1 Å². The average molecular weight is 250 g/mol. The van der Waals surface area contributed by atoms with Crippen LogP contribution in [-0.2, 0) is 0 Å². The van der Waals surface area contributed by atoms with E-state index < -0.39 is 0 Å². The molecule has 0 fully saturated rings. The molecule has 3 nitrogen and oxygen atoms in total. The quantitative estimate of drug-likeness (QED) is 0.776. The molecule has 2 aromatic rings. The maximum Gasteiger partial charge on any atom is 0.128 e. The Kier molecular flexibility index (Phi) is 4.30. The summed E-state index contributed by atoms with van der Waals surface area (Å²) in [7, 11) is 0. The van der Waals surface area contributed by atoms with Gasteiger partial charge < -0.3 is 4.74 Å². The van der Waals surface area contributed by atoms with Crippen LogP contribution in [0.3, 0.4) is 0 Å². The first-order valence-electron chi connectivity index (χ1n) is 6.10. The average Bonchev–Trinajstić information content (AvgIpc) is 2.47. The molecule has 0 saturated heterocycles. The number of hydrogen-bond acceptors (Lipinski definition) is 3. The fourth-order valence-corrected chi connectivity index (χ4v) is 1.69. The third-order valence-electron chi connectivity index (χ3n) is 2.59. The van der Waals surface area contributed by atoms with Gasteiger partial charge in [0, 0.05) is 11.8 Å². The Hall–Kier alpha value is -2.60. The lowest BCUT2D eigenvalue weighted by Crippen LogP contribution is -1.95. The molecule has 0 aliphatic rings. The Bertz CT molecular complexity index is 627. The molecule has 0 atom stereocenters. The zero-order valence-electron chi connectivity index (χ0n) is 10.7. The Labute approximate surface area is 112 Å². The van der Waals surface area contributed by atoms with Gasteiger partial charge in [-0.3, -0.25) is 4.99 Å². The molecule has 0 N–H and O–H groups in total. The van der Waals surface area contributed by atoms with E-state index in [-0.39, 0.29) is 0 Å². The van der Waals surface area contributed by atoms with E-state index in [0.717, 1.165) is 11.3 Å². The summed E-state index contributed by atoms with van der Waals surface area (Å²) in [5, 5.41) is 9.01. The van der Waals surface area contributed by atoms with Crippen LogP contribution in [0, 0.1) is 11.3 Å². The van der Waals surface area contributed by atoms with Crippen molar-refractivity contribution in [1.82, 2.24) is 0 Å². The third-order valence-corrected chi connectivity index (χ3v) is 2.59. The lowest BCUT2D eigenvalue weighted by molar-refractivity contribution is 0.340. The van der Waals surface area contributed by atoms with Crippen molar-refractivity contribution in [3.8, 4) is 11.8 Å². The van der Waals surface area contributed by atoms with Crippen molar-refractivity contribution in [2.24, 2.45) is 4.99 Å². The summed E-state index contributed by atoms with van der Waals surface area (Å²) in [6, 6.07) is 17.1. The molecule has 0 aromatic heterocycles. The molecule has 0 radical (unpaired) electrons. The van der Waals surface area contributed by atoms with Gasteiger partial charge in [0.15, 0.2) is 0 Å². The molecule has 0 aliphatic carbocycles. The zero-order chi connectivity index (χ0) is 13.5. The fourth-order valence-electron chi connectivity index (χ4n) is 1.69. The number of nitrogens with zero attached hydrogens (tertiary/aromatic N) is 2. The second kappa shape index (κ2) is 6.36. The van der Waals surface area contributed by atoms with Crippen LogP contribution >= 0.6 is 0 Å². The molecule has 94 valence electrons. The van der Waals surface area contributed by atoms with Gasteiger partial charge in [-0.25, -0.2) is 0 Å². The van der Waals surface area contributed by atoms with Gasteiger partial charge in [-0.15, -0.1) is 0 Å². The first-order chi connectivity index (χ1) is 9.35. The van der Waals surface area contributed by atoms with Crippen molar-refractivity contribution < 1.29 is 4.74 Å². The van der Waals surface area contributed by atoms with Crippen LogP contribution in [0.4, 0.5) is 5.69 Å². The minimum Gasteiger partial charge on any atom is -0.493 e. The lowest BCUT2D eigenvalue weighted by atomic mass is 10.2. The summed E-state index contributed by atoms with van der Waals surface area (Å²) < 4.78 is 5.53. The largest absolute Gasteiger partial charge is 0.493 e. The molecule has 0 amide bonds. The lowest BCUT2D eigenvalue weighted by Gasteiger charge is -2.05. The maximum absolute atomic E-state index is 9.01. The van der Waals surface area contributed by atoms with E-state index in [1.165, 1.54) is 0 Å². The third kappa shape index (κ3) is 3.20. The summed E-state index contributed by atoms with van der Waals surface area (Å²) >= 11 is 0. The molecule has 0 heterocycles. The molecule has 19 heavy (non-hydrogen) atoms. The van der Waals surface area contributed by atoms with Crippen LogP contribution in [0.1, 0.15) is 18.1 Å². The number of rotatable bonds is 4. The topological polar surface area (TPSA) is 45.4 Å². The minimum absolute atomic E-state index is 0.563. The van der Waals surface area contributed by atoms with Gasteiger partial charge in [0.1, 0.15) is 11.8 Å². The summed E-state index contributed by atoms with van der Waals surface area (Å²) in [4.78, 5) is 4.36. The predicted molar refractivity (Wildman–Crippen MR) is 76.0 cm³/mol. The van der Waals surface area contributed by atoms with Gasteiger partial charge in [-0.2, -0.15) is 5.26 Å². The molecule has 2 aromatic carbocycles. The molecule has 2 rings (SSSR count). The van der Waals surface area contributed by atoms with E-state index in [4.69, 9.17) is 10.00 Å². The standard InChI is InChI=1S/C16H14N2O/c1-2-19-16-10-6-4-8-14(16)12-18-15-9-5-3-7-13(15)11-17/h3-10,12H,2H2,1H3. The predicted octanol–water partition coefficient (Wildman–Crippen LogP) is 3.71. The number of ether oxygens (including phenoxy) is 1. The second-order valence-electron chi connectivity index (χ2n) is 3.86. The number of nitriles is 1. The number of benzene rings is 2. The highest BCUT2D eigenvalue weighted by atomic mass is 16.5. The zero-order valence-corrected chi connectivity index (χ0v) is 10.7. The summed E-state index contributed by atoms with van der Waals surface area (Å²) in [6.07, 6.45) is 1.72. The SMILES string of the molecule is CCOc1ccccc1C=Nc1ccccc1C#N. The molecule has 0 bridgehead atoms. The molecule has 0 spiro atoms. The number of hydrogen-bond donors (Lipinski definition) is 0. The molecular formula is C16H14N2O. The summed E-state index contributed by atoms with van der Waals surface area (Å²) in [6.45, 7) is 2.55. The highest BCUT2D eigenvalue weighted by Crippen LogP contribution is 2.20. The van der Waals surface area contributed by atoms with Crippen LogP contribution in [-0.4, -0.2) is 12.8 Å². The van der Waals surface area contributed by atoms with Gasteiger partial charge in [0.25, 0.3) is 0 Å². The van der Waals surface area contributed by atoms with Gasteiger partial charge in [0.05, 0.1) is 17.9 Å².